The monoisotopic (exact) mass is 309 g/mol. The van der Waals surface area contributed by atoms with Gasteiger partial charge in [-0.2, -0.15) is 0 Å². The van der Waals surface area contributed by atoms with Crippen molar-refractivity contribution in [1.29, 1.82) is 0 Å². The summed E-state index contributed by atoms with van der Waals surface area (Å²) in [6, 6.07) is 26.5. The van der Waals surface area contributed by atoms with Gasteiger partial charge in [0.15, 0.2) is 0 Å². The third-order valence-electron chi connectivity index (χ3n) is 5.38. The molecule has 1 heteroatoms. The Morgan fingerprint density at radius 3 is 1.96 bits per heavy atom. The smallest absolute Gasteiger partial charge is 0.0432 e. The molecule has 1 heterocycles. The summed E-state index contributed by atoms with van der Waals surface area (Å²) in [5.41, 5.74) is 5.16. The first-order valence-corrected chi connectivity index (χ1v) is 8.46. The highest BCUT2D eigenvalue weighted by molar-refractivity contribution is 6.01. The van der Waals surface area contributed by atoms with Crippen molar-refractivity contribution in [2.45, 2.75) is 19.3 Å². The summed E-state index contributed by atoms with van der Waals surface area (Å²) in [5, 5.41) is 8.82. The Morgan fingerprint density at radius 2 is 1.21 bits per heavy atom. The second kappa shape index (κ2) is 4.61. The molecule has 5 rings (SSSR count). The predicted molar refractivity (Wildman–Crippen MR) is 103 cm³/mol. The molecule has 1 nitrogen and oxygen atoms in total. The van der Waals surface area contributed by atoms with Gasteiger partial charge in [0.25, 0.3) is 0 Å². The van der Waals surface area contributed by atoms with Crippen molar-refractivity contribution in [1.82, 2.24) is 0 Å². The van der Waals surface area contributed by atoms with E-state index in [1.807, 2.05) is 0 Å². The summed E-state index contributed by atoms with van der Waals surface area (Å²) in [4.78, 5) is 0. The Bertz CT molecular complexity index is 1110. The summed E-state index contributed by atoms with van der Waals surface area (Å²) in [5.74, 6) is 0. The predicted octanol–water partition coefficient (Wildman–Crippen LogP) is 6.38. The van der Waals surface area contributed by atoms with Crippen molar-refractivity contribution in [2.75, 3.05) is 5.32 Å². The molecule has 0 aliphatic carbocycles. The minimum absolute atomic E-state index is 0.00296. The fraction of sp³-hybridized carbons (Fsp3) is 0.130. The molecule has 24 heavy (non-hydrogen) atoms. The Hall–Kier alpha value is -2.80. The summed E-state index contributed by atoms with van der Waals surface area (Å²) in [6.45, 7) is 4.64. The van der Waals surface area contributed by atoms with Crippen LogP contribution in [0.4, 0.5) is 11.4 Å². The van der Waals surface area contributed by atoms with E-state index in [1.165, 1.54) is 44.0 Å². The molecule has 116 valence electrons. The van der Waals surface area contributed by atoms with E-state index < -0.39 is 0 Å². The zero-order chi connectivity index (χ0) is 16.3. The molecular weight excluding hydrogens is 290 g/mol. The summed E-state index contributed by atoms with van der Waals surface area (Å²) < 4.78 is 0. The second-order valence-electron chi connectivity index (χ2n) is 7.24. The number of nitrogens with one attached hydrogen (secondary N) is 1. The summed E-state index contributed by atoms with van der Waals surface area (Å²) in [7, 11) is 0. The number of anilines is 2. The maximum absolute atomic E-state index is 3.64. The quantitative estimate of drug-likeness (QED) is 0.372. The average molecular weight is 309 g/mol. The standard InChI is InChI=1S/C23H19N/c1-23(2)19-9-5-6-10-21(19)24-22-14-18-12-16-8-4-3-7-15(16)11-17(18)13-20(22)23/h3-14,24H,1-2H3. The van der Waals surface area contributed by atoms with Gasteiger partial charge in [-0.05, 0) is 63.0 Å². The van der Waals surface area contributed by atoms with Gasteiger partial charge in [-0.1, -0.05) is 56.3 Å². The van der Waals surface area contributed by atoms with Gasteiger partial charge in [-0.15, -0.1) is 0 Å². The first-order chi connectivity index (χ1) is 11.6. The highest BCUT2D eigenvalue weighted by Gasteiger charge is 2.32. The molecule has 0 radical (unpaired) electrons. The molecule has 1 aliphatic heterocycles. The van der Waals surface area contributed by atoms with Gasteiger partial charge < -0.3 is 5.32 Å². The molecule has 0 aromatic heterocycles. The SMILES string of the molecule is CC1(C)c2ccccc2Nc2cc3cc4ccccc4cc3cc21. The highest BCUT2D eigenvalue weighted by atomic mass is 14.9. The molecule has 1 N–H and O–H groups in total. The molecule has 0 bridgehead atoms. The van der Waals surface area contributed by atoms with Gasteiger partial charge in [0.2, 0.25) is 0 Å². The van der Waals surface area contributed by atoms with Crippen molar-refractivity contribution in [3.63, 3.8) is 0 Å². The van der Waals surface area contributed by atoms with Crippen LogP contribution < -0.4 is 5.32 Å². The topological polar surface area (TPSA) is 12.0 Å². The Morgan fingerprint density at radius 1 is 0.583 bits per heavy atom. The Labute approximate surface area is 141 Å². The van der Waals surface area contributed by atoms with E-state index >= 15 is 0 Å². The van der Waals surface area contributed by atoms with Crippen LogP contribution in [0.2, 0.25) is 0 Å². The number of fused-ring (bicyclic) bond motifs is 4. The fourth-order valence-corrected chi connectivity index (χ4v) is 4.04. The van der Waals surface area contributed by atoms with Crippen LogP contribution in [0.1, 0.15) is 25.0 Å². The van der Waals surface area contributed by atoms with E-state index in [4.69, 9.17) is 0 Å². The van der Waals surface area contributed by atoms with Crippen LogP contribution in [0, 0.1) is 0 Å². The third-order valence-corrected chi connectivity index (χ3v) is 5.38. The van der Waals surface area contributed by atoms with E-state index in [-0.39, 0.29) is 5.41 Å². The van der Waals surface area contributed by atoms with Gasteiger partial charge in [0, 0.05) is 16.8 Å². The van der Waals surface area contributed by atoms with Gasteiger partial charge in [0.05, 0.1) is 0 Å². The molecule has 4 aromatic carbocycles. The van der Waals surface area contributed by atoms with Crippen molar-refractivity contribution in [3.05, 3.63) is 83.9 Å². The summed E-state index contributed by atoms with van der Waals surface area (Å²) >= 11 is 0. The van der Waals surface area contributed by atoms with E-state index in [9.17, 15) is 0 Å². The van der Waals surface area contributed by atoms with Crippen LogP contribution in [0.3, 0.4) is 0 Å². The van der Waals surface area contributed by atoms with Crippen LogP contribution >= 0.6 is 0 Å². The van der Waals surface area contributed by atoms with Crippen LogP contribution in [0.5, 0.6) is 0 Å². The maximum atomic E-state index is 3.64. The molecule has 0 atom stereocenters. The molecule has 0 amide bonds. The largest absolute Gasteiger partial charge is 0.355 e. The Balaban J connectivity index is 1.82. The molecule has 0 saturated carbocycles. The second-order valence-corrected chi connectivity index (χ2v) is 7.24. The van der Waals surface area contributed by atoms with Gasteiger partial charge in [-0.3, -0.25) is 0 Å². The molecule has 4 aromatic rings. The first-order valence-electron chi connectivity index (χ1n) is 8.46. The van der Waals surface area contributed by atoms with E-state index in [2.05, 4.69) is 92.0 Å². The number of hydrogen-bond donors (Lipinski definition) is 1. The van der Waals surface area contributed by atoms with Crippen molar-refractivity contribution in [2.24, 2.45) is 0 Å². The van der Waals surface area contributed by atoms with E-state index in [1.54, 1.807) is 0 Å². The maximum Gasteiger partial charge on any atom is 0.0432 e. The number of hydrogen-bond acceptors (Lipinski definition) is 1. The van der Waals surface area contributed by atoms with Gasteiger partial charge in [-0.25, -0.2) is 0 Å². The van der Waals surface area contributed by atoms with Gasteiger partial charge >= 0.3 is 0 Å². The van der Waals surface area contributed by atoms with E-state index in [0.29, 0.717) is 0 Å². The minimum atomic E-state index is -0.00296. The summed E-state index contributed by atoms with van der Waals surface area (Å²) in [6.07, 6.45) is 0. The lowest BCUT2D eigenvalue weighted by molar-refractivity contribution is 0.639. The number of para-hydroxylation sites is 1. The third kappa shape index (κ3) is 1.81. The molecule has 0 unspecified atom stereocenters. The molecule has 0 saturated heterocycles. The zero-order valence-corrected chi connectivity index (χ0v) is 13.9. The molecule has 0 fully saturated rings. The normalized spacial score (nSPS) is 14.9. The van der Waals surface area contributed by atoms with Crippen molar-refractivity contribution in [3.8, 4) is 0 Å². The first kappa shape index (κ1) is 13.6. The van der Waals surface area contributed by atoms with Crippen molar-refractivity contribution < 1.29 is 0 Å². The minimum Gasteiger partial charge on any atom is -0.355 e. The van der Waals surface area contributed by atoms with Crippen LogP contribution in [0.15, 0.2) is 72.8 Å². The molecule has 1 aliphatic rings. The van der Waals surface area contributed by atoms with E-state index in [0.717, 1.165) is 0 Å². The van der Waals surface area contributed by atoms with Crippen molar-refractivity contribution >= 4 is 32.9 Å². The molecule has 0 spiro atoms. The number of benzene rings is 4. The highest BCUT2D eigenvalue weighted by Crippen LogP contribution is 2.46. The van der Waals surface area contributed by atoms with Crippen LogP contribution in [-0.2, 0) is 5.41 Å². The fourth-order valence-electron chi connectivity index (χ4n) is 4.04. The zero-order valence-electron chi connectivity index (χ0n) is 13.9. The lowest BCUT2D eigenvalue weighted by Crippen LogP contribution is -2.25. The average Bonchev–Trinajstić information content (AvgIpc) is 2.59. The lowest BCUT2D eigenvalue weighted by atomic mass is 9.74. The van der Waals surface area contributed by atoms with Crippen LogP contribution in [0.25, 0.3) is 21.5 Å². The Kier molecular flexibility index (Phi) is 2.62. The number of rotatable bonds is 0. The molecular formula is C23H19N. The van der Waals surface area contributed by atoms with Gasteiger partial charge in [0.1, 0.15) is 0 Å². The van der Waals surface area contributed by atoms with Crippen LogP contribution in [-0.4, -0.2) is 0 Å². The lowest BCUT2D eigenvalue weighted by Gasteiger charge is -2.36.